The Kier molecular flexibility index (Phi) is 2.17. The van der Waals surface area contributed by atoms with E-state index < -0.39 is 0 Å². The Morgan fingerprint density at radius 3 is 3.00 bits per heavy atom. The molecule has 0 radical (unpaired) electrons. The van der Waals surface area contributed by atoms with Crippen molar-refractivity contribution in [3.63, 3.8) is 0 Å². The number of rotatable bonds is 0. The van der Waals surface area contributed by atoms with Gasteiger partial charge in [-0.05, 0) is 46.7 Å². The van der Waals surface area contributed by atoms with Gasteiger partial charge in [0.2, 0.25) is 0 Å². The zero-order valence-corrected chi connectivity index (χ0v) is 9.46. The van der Waals surface area contributed by atoms with Crippen molar-refractivity contribution in [1.29, 1.82) is 0 Å². The van der Waals surface area contributed by atoms with Crippen molar-refractivity contribution in [3.8, 4) is 0 Å². The highest BCUT2D eigenvalue weighted by molar-refractivity contribution is 9.11. The van der Waals surface area contributed by atoms with Gasteiger partial charge < -0.3 is 5.73 Å². The van der Waals surface area contributed by atoms with Crippen molar-refractivity contribution in [2.45, 2.75) is 32.1 Å². The van der Waals surface area contributed by atoms with Crippen LogP contribution in [-0.4, -0.2) is 0 Å². The molecule has 3 heteroatoms. The third kappa shape index (κ3) is 1.19. The molecule has 0 saturated carbocycles. The SMILES string of the molecule is CC1CCCc2sc(Br)c(N)c21. The normalized spacial score (nSPS) is 22.3. The standard InChI is InChI=1S/C9H12BrNS/c1-5-3-2-4-6-7(5)8(11)9(10)12-6/h5H,2-4,11H2,1H3. The summed E-state index contributed by atoms with van der Waals surface area (Å²) in [5, 5.41) is 0. The molecule has 66 valence electrons. The lowest BCUT2D eigenvalue weighted by Gasteiger charge is -2.18. The number of anilines is 1. The lowest BCUT2D eigenvalue weighted by molar-refractivity contribution is 0.600. The molecule has 0 spiro atoms. The number of aryl methyl sites for hydroxylation is 1. The van der Waals surface area contributed by atoms with Gasteiger partial charge in [-0.25, -0.2) is 0 Å². The maximum Gasteiger partial charge on any atom is 0.0933 e. The molecule has 1 heterocycles. The fraction of sp³-hybridized carbons (Fsp3) is 0.556. The van der Waals surface area contributed by atoms with E-state index in [2.05, 4.69) is 22.9 Å². The van der Waals surface area contributed by atoms with Crippen LogP contribution in [0, 0.1) is 0 Å². The van der Waals surface area contributed by atoms with Gasteiger partial charge in [0.05, 0.1) is 9.47 Å². The molecule has 1 unspecified atom stereocenters. The molecule has 0 fully saturated rings. The van der Waals surface area contributed by atoms with Gasteiger partial charge >= 0.3 is 0 Å². The number of hydrogen-bond donors (Lipinski definition) is 1. The molecule has 1 aliphatic rings. The van der Waals surface area contributed by atoms with Gasteiger partial charge in [0, 0.05) is 4.88 Å². The van der Waals surface area contributed by atoms with E-state index in [-0.39, 0.29) is 0 Å². The Morgan fingerprint density at radius 2 is 2.33 bits per heavy atom. The smallest absolute Gasteiger partial charge is 0.0933 e. The zero-order chi connectivity index (χ0) is 8.72. The van der Waals surface area contributed by atoms with Crippen molar-refractivity contribution in [1.82, 2.24) is 0 Å². The number of fused-ring (bicyclic) bond motifs is 1. The predicted molar refractivity (Wildman–Crippen MR) is 57.8 cm³/mol. The molecule has 1 aromatic heterocycles. The molecule has 1 atom stereocenters. The van der Waals surface area contributed by atoms with Crippen LogP contribution in [0.4, 0.5) is 5.69 Å². The van der Waals surface area contributed by atoms with Crippen LogP contribution in [0.15, 0.2) is 3.79 Å². The molecule has 0 amide bonds. The van der Waals surface area contributed by atoms with Gasteiger partial charge in [-0.15, -0.1) is 11.3 Å². The molecule has 2 rings (SSSR count). The fourth-order valence-electron chi connectivity index (χ4n) is 1.91. The molecule has 1 aliphatic carbocycles. The highest BCUT2D eigenvalue weighted by Gasteiger charge is 2.22. The van der Waals surface area contributed by atoms with Gasteiger partial charge in [0.25, 0.3) is 0 Å². The molecule has 12 heavy (non-hydrogen) atoms. The molecule has 0 bridgehead atoms. The third-order valence-electron chi connectivity index (χ3n) is 2.55. The van der Waals surface area contributed by atoms with Crippen molar-refractivity contribution in [3.05, 3.63) is 14.2 Å². The molecule has 1 aromatic rings. The van der Waals surface area contributed by atoms with Crippen LogP contribution in [0.3, 0.4) is 0 Å². The van der Waals surface area contributed by atoms with Crippen LogP contribution >= 0.6 is 27.3 Å². The summed E-state index contributed by atoms with van der Waals surface area (Å²) in [5.74, 6) is 0.663. The van der Waals surface area contributed by atoms with Gasteiger partial charge in [0.15, 0.2) is 0 Å². The fourth-order valence-corrected chi connectivity index (χ4v) is 3.82. The Morgan fingerprint density at radius 1 is 1.58 bits per heavy atom. The number of nitrogens with two attached hydrogens (primary N) is 1. The monoisotopic (exact) mass is 245 g/mol. The van der Waals surface area contributed by atoms with E-state index in [4.69, 9.17) is 5.73 Å². The molecule has 0 aromatic carbocycles. The average Bonchev–Trinajstić information content (AvgIpc) is 2.29. The molecule has 2 N–H and O–H groups in total. The summed E-state index contributed by atoms with van der Waals surface area (Å²) < 4.78 is 1.13. The first-order chi connectivity index (χ1) is 5.70. The Hall–Kier alpha value is -0.0200. The zero-order valence-electron chi connectivity index (χ0n) is 7.06. The summed E-state index contributed by atoms with van der Waals surface area (Å²) in [6.07, 6.45) is 3.83. The Labute approximate surface area is 85.1 Å². The summed E-state index contributed by atoms with van der Waals surface area (Å²) >= 11 is 5.31. The number of thiophene rings is 1. The van der Waals surface area contributed by atoms with Crippen molar-refractivity contribution in [2.24, 2.45) is 0 Å². The van der Waals surface area contributed by atoms with Crippen molar-refractivity contribution in [2.75, 3.05) is 5.73 Å². The van der Waals surface area contributed by atoms with E-state index in [0.717, 1.165) is 9.47 Å². The maximum atomic E-state index is 5.98. The highest BCUT2D eigenvalue weighted by atomic mass is 79.9. The summed E-state index contributed by atoms with van der Waals surface area (Å²) in [7, 11) is 0. The predicted octanol–water partition coefficient (Wildman–Crippen LogP) is 3.53. The summed E-state index contributed by atoms with van der Waals surface area (Å²) in [4.78, 5) is 1.50. The minimum atomic E-state index is 0.663. The van der Waals surface area contributed by atoms with Crippen LogP contribution < -0.4 is 5.73 Å². The quantitative estimate of drug-likeness (QED) is 0.744. The lowest BCUT2D eigenvalue weighted by atomic mass is 9.88. The molecule has 0 aliphatic heterocycles. The topological polar surface area (TPSA) is 26.0 Å². The Bertz CT molecular complexity index is 306. The average molecular weight is 246 g/mol. The van der Waals surface area contributed by atoms with Gasteiger partial charge in [0.1, 0.15) is 0 Å². The van der Waals surface area contributed by atoms with E-state index in [9.17, 15) is 0 Å². The van der Waals surface area contributed by atoms with Crippen LogP contribution in [-0.2, 0) is 6.42 Å². The maximum absolute atomic E-state index is 5.98. The van der Waals surface area contributed by atoms with Gasteiger partial charge in [-0.2, -0.15) is 0 Å². The Balaban J connectivity index is 2.54. The first-order valence-corrected chi connectivity index (χ1v) is 5.87. The second kappa shape index (κ2) is 3.04. The van der Waals surface area contributed by atoms with E-state index in [1.807, 2.05) is 11.3 Å². The van der Waals surface area contributed by atoms with Gasteiger partial charge in [-0.1, -0.05) is 6.92 Å². The largest absolute Gasteiger partial charge is 0.397 e. The summed E-state index contributed by atoms with van der Waals surface area (Å²) in [5.41, 5.74) is 8.38. The van der Waals surface area contributed by atoms with Crippen molar-refractivity contribution >= 4 is 33.0 Å². The van der Waals surface area contributed by atoms with Crippen LogP contribution in [0.25, 0.3) is 0 Å². The van der Waals surface area contributed by atoms with Gasteiger partial charge in [-0.3, -0.25) is 0 Å². The first-order valence-electron chi connectivity index (χ1n) is 4.26. The minimum absolute atomic E-state index is 0.663. The lowest BCUT2D eigenvalue weighted by Crippen LogP contribution is -2.05. The summed E-state index contributed by atoms with van der Waals surface area (Å²) in [6, 6.07) is 0. The third-order valence-corrected chi connectivity index (χ3v) is 4.53. The van der Waals surface area contributed by atoms with E-state index in [0.29, 0.717) is 5.92 Å². The van der Waals surface area contributed by atoms with Crippen LogP contribution in [0.1, 0.15) is 36.1 Å². The minimum Gasteiger partial charge on any atom is -0.397 e. The highest BCUT2D eigenvalue weighted by Crippen LogP contribution is 2.44. The second-order valence-corrected chi connectivity index (χ2v) is 5.84. The molecular formula is C9H12BrNS. The van der Waals surface area contributed by atoms with E-state index >= 15 is 0 Å². The molecule has 1 nitrogen and oxygen atoms in total. The van der Waals surface area contributed by atoms with E-state index in [1.165, 1.54) is 29.7 Å². The van der Waals surface area contributed by atoms with Crippen molar-refractivity contribution < 1.29 is 0 Å². The number of hydrogen-bond acceptors (Lipinski definition) is 2. The second-order valence-electron chi connectivity index (χ2n) is 3.42. The van der Waals surface area contributed by atoms with E-state index in [1.54, 1.807) is 0 Å². The molecular weight excluding hydrogens is 234 g/mol. The molecule has 0 saturated heterocycles. The number of halogens is 1. The number of nitrogen functional groups attached to an aromatic ring is 1. The van der Waals surface area contributed by atoms with Crippen LogP contribution in [0.5, 0.6) is 0 Å². The first kappa shape index (κ1) is 8.57. The summed E-state index contributed by atoms with van der Waals surface area (Å²) in [6.45, 7) is 2.27. The van der Waals surface area contributed by atoms with Crippen LogP contribution in [0.2, 0.25) is 0 Å².